The fraction of sp³-hybridized carbons (Fsp3) is 0.857. The largest absolute Gasteiger partial charge is 0.356 e. The van der Waals surface area contributed by atoms with Crippen LogP contribution < -0.4 is 5.32 Å². The minimum absolute atomic E-state index is 0.0154. The number of carbonyl (C=O) groups excluding carboxylic acids is 2. The molecule has 1 saturated heterocycles. The Morgan fingerprint density at radius 1 is 1.33 bits per heavy atom. The number of sulfone groups is 1. The van der Waals surface area contributed by atoms with Gasteiger partial charge in [0.15, 0.2) is 9.84 Å². The van der Waals surface area contributed by atoms with Crippen molar-refractivity contribution in [1.29, 1.82) is 0 Å². The van der Waals surface area contributed by atoms with Gasteiger partial charge in [-0.05, 0) is 18.8 Å². The number of rotatable bonds is 7. The van der Waals surface area contributed by atoms with Crippen molar-refractivity contribution in [3.63, 3.8) is 0 Å². The van der Waals surface area contributed by atoms with E-state index >= 15 is 0 Å². The summed E-state index contributed by atoms with van der Waals surface area (Å²) in [6.07, 6.45) is 1.61. The van der Waals surface area contributed by atoms with E-state index in [-0.39, 0.29) is 42.3 Å². The van der Waals surface area contributed by atoms with Gasteiger partial charge >= 0.3 is 0 Å². The van der Waals surface area contributed by atoms with Crippen molar-refractivity contribution in [2.45, 2.75) is 46.1 Å². The molecule has 6 nitrogen and oxygen atoms in total. The van der Waals surface area contributed by atoms with Crippen LogP contribution in [0.25, 0.3) is 0 Å². The van der Waals surface area contributed by atoms with E-state index in [2.05, 4.69) is 19.2 Å². The van der Waals surface area contributed by atoms with Gasteiger partial charge in [0.1, 0.15) is 0 Å². The molecule has 1 rings (SSSR count). The molecule has 0 bridgehead atoms. The summed E-state index contributed by atoms with van der Waals surface area (Å²) in [5.41, 5.74) is 0. The quantitative estimate of drug-likeness (QED) is 0.744. The monoisotopic (exact) mass is 318 g/mol. The number of carbonyl (C=O) groups is 2. The van der Waals surface area contributed by atoms with Gasteiger partial charge in [0.2, 0.25) is 11.8 Å². The Hall–Kier alpha value is -1.11. The second-order valence-corrected chi connectivity index (χ2v) is 8.28. The third-order valence-electron chi connectivity index (χ3n) is 3.68. The molecule has 0 spiro atoms. The van der Waals surface area contributed by atoms with Crippen LogP contribution >= 0.6 is 0 Å². The molecule has 0 aliphatic carbocycles. The van der Waals surface area contributed by atoms with E-state index in [1.165, 1.54) is 11.8 Å². The molecule has 1 fully saturated rings. The van der Waals surface area contributed by atoms with Crippen molar-refractivity contribution < 1.29 is 18.0 Å². The Labute approximate surface area is 127 Å². The van der Waals surface area contributed by atoms with Crippen LogP contribution in [0.5, 0.6) is 0 Å². The summed E-state index contributed by atoms with van der Waals surface area (Å²) in [5.74, 6) is 0.404. The van der Waals surface area contributed by atoms with Gasteiger partial charge < -0.3 is 10.2 Å². The number of amides is 2. The first-order chi connectivity index (χ1) is 9.71. The van der Waals surface area contributed by atoms with Crippen LogP contribution in [0.2, 0.25) is 0 Å². The van der Waals surface area contributed by atoms with Gasteiger partial charge in [-0.25, -0.2) is 8.42 Å². The molecule has 122 valence electrons. The predicted molar refractivity (Wildman–Crippen MR) is 81.5 cm³/mol. The lowest BCUT2D eigenvalue weighted by Crippen LogP contribution is -2.42. The van der Waals surface area contributed by atoms with Crippen LogP contribution in [0.1, 0.15) is 40.0 Å². The predicted octanol–water partition coefficient (Wildman–Crippen LogP) is 0.574. The minimum atomic E-state index is -3.03. The maximum Gasteiger partial charge on any atom is 0.221 e. The molecule has 1 aliphatic rings. The molecule has 2 amide bonds. The molecule has 0 aromatic rings. The lowest BCUT2D eigenvalue weighted by atomic mass is 10.1. The molecule has 1 unspecified atom stereocenters. The van der Waals surface area contributed by atoms with Gasteiger partial charge in [-0.2, -0.15) is 0 Å². The zero-order valence-electron chi connectivity index (χ0n) is 13.1. The average molecular weight is 318 g/mol. The highest BCUT2D eigenvalue weighted by Crippen LogP contribution is 2.18. The highest BCUT2D eigenvalue weighted by Gasteiger charge is 2.33. The normalized spacial score (nSPS) is 20.5. The maximum atomic E-state index is 11.7. The number of hydrogen-bond acceptors (Lipinski definition) is 4. The standard InChI is InChI=1S/C14H26N2O4S/c1-11(2)4-7-15-14(18)5-8-16(12(3)17)13-6-9-21(19,20)10-13/h11,13H,4-10H2,1-3H3,(H,15,18). The van der Waals surface area contributed by atoms with Crippen molar-refractivity contribution in [1.82, 2.24) is 10.2 Å². The van der Waals surface area contributed by atoms with E-state index in [1.807, 2.05) is 0 Å². The molecule has 1 aliphatic heterocycles. The van der Waals surface area contributed by atoms with Crippen LogP contribution in [-0.2, 0) is 19.4 Å². The lowest BCUT2D eigenvalue weighted by molar-refractivity contribution is -0.131. The summed E-state index contributed by atoms with van der Waals surface area (Å²) < 4.78 is 23.0. The molecule has 0 saturated carbocycles. The summed E-state index contributed by atoms with van der Waals surface area (Å²) in [7, 11) is -3.03. The van der Waals surface area contributed by atoms with E-state index in [1.54, 1.807) is 0 Å². The molecule has 0 aromatic heterocycles. The van der Waals surface area contributed by atoms with Gasteiger partial charge in [-0.3, -0.25) is 9.59 Å². The SMILES string of the molecule is CC(=O)N(CCC(=O)NCCC(C)C)C1CCS(=O)(=O)C1. The topological polar surface area (TPSA) is 83.6 Å². The zero-order chi connectivity index (χ0) is 16.0. The average Bonchev–Trinajstić information content (AvgIpc) is 2.69. The lowest BCUT2D eigenvalue weighted by Gasteiger charge is -2.26. The number of nitrogens with one attached hydrogen (secondary N) is 1. The molecule has 21 heavy (non-hydrogen) atoms. The molecule has 0 aromatic carbocycles. The van der Waals surface area contributed by atoms with E-state index in [0.29, 0.717) is 18.9 Å². The molecule has 1 N–H and O–H groups in total. The highest BCUT2D eigenvalue weighted by molar-refractivity contribution is 7.91. The second-order valence-electron chi connectivity index (χ2n) is 6.05. The van der Waals surface area contributed by atoms with Crippen LogP contribution in [-0.4, -0.2) is 55.8 Å². The molecule has 7 heteroatoms. The smallest absolute Gasteiger partial charge is 0.221 e. The summed E-state index contributed by atoms with van der Waals surface area (Å²) in [5, 5.41) is 2.82. The molecule has 0 radical (unpaired) electrons. The summed E-state index contributed by atoms with van der Waals surface area (Å²) in [4.78, 5) is 24.9. The Morgan fingerprint density at radius 2 is 2.00 bits per heavy atom. The number of hydrogen-bond donors (Lipinski definition) is 1. The molecular weight excluding hydrogens is 292 g/mol. The zero-order valence-corrected chi connectivity index (χ0v) is 13.9. The van der Waals surface area contributed by atoms with Crippen molar-refractivity contribution in [3.8, 4) is 0 Å². The van der Waals surface area contributed by atoms with Crippen molar-refractivity contribution >= 4 is 21.7 Å². The van der Waals surface area contributed by atoms with Gasteiger partial charge in [-0.1, -0.05) is 13.8 Å². The summed E-state index contributed by atoms with van der Waals surface area (Å²) >= 11 is 0. The van der Waals surface area contributed by atoms with Gasteiger partial charge in [0.25, 0.3) is 0 Å². The van der Waals surface area contributed by atoms with Gasteiger partial charge in [0.05, 0.1) is 11.5 Å². The highest BCUT2D eigenvalue weighted by atomic mass is 32.2. The van der Waals surface area contributed by atoms with Gasteiger partial charge in [-0.15, -0.1) is 0 Å². The first kappa shape index (κ1) is 17.9. The van der Waals surface area contributed by atoms with E-state index in [9.17, 15) is 18.0 Å². The minimum Gasteiger partial charge on any atom is -0.356 e. The number of nitrogens with zero attached hydrogens (tertiary/aromatic N) is 1. The van der Waals surface area contributed by atoms with Crippen molar-refractivity contribution in [2.24, 2.45) is 5.92 Å². The fourth-order valence-electron chi connectivity index (χ4n) is 2.43. The molecule has 1 atom stereocenters. The Bertz CT molecular complexity index is 473. The first-order valence-electron chi connectivity index (χ1n) is 7.45. The van der Waals surface area contributed by atoms with Crippen LogP contribution in [0, 0.1) is 5.92 Å². The molecular formula is C14H26N2O4S. The summed E-state index contributed by atoms with van der Waals surface area (Å²) in [6.45, 7) is 6.51. The first-order valence-corrected chi connectivity index (χ1v) is 9.27. The van der Waals surface area contributed by atoms with Crippen LogP contribution in [0.3, 0.4) is 0 Å². The summed E-state index contributed by atoms with van der Waals surface area (Å²) in [6, 6.07) is -0.282. The van der Waals surface area contributed by atoms with Crippen molar-refractivity contribution in [2.75, 3.05) is 24.6 Å². The third kappa shape index (κ3) is 6.46. The van der Waals surface area contributed by atoms with E-state index in [0.717, 1.165) is 6.42 Å². The van der Waals surface area contributed by atoms with Gasteiger partial charge in [0, 0.05) is 32.5 Å². The third-order valence-corrected chi connectivity index (χ3v) is 5.43. The van der Waals surface area contributed by atoms with E-state index < -0.39 is 9.84 Å². The second kappa shape index (κ2) is 7.77. The Balaban J connectivity index is 2.42. The fourth-order valence-corrected chi connectivity index (χ4v) is 4.16. The van der Waals surface area contributed by atoms with Crippen molar-refractivity contribution in [3.05, 3.63) is 0 Å². The van der Waals surface area contributed by atoms with E-state index in [4.69, 9.17) is 0 Å². The van der Waals surface area contributed by atoms with Crippen LogP contribution in [0.15, 0.2) is 0 Å². The maximum absolute atomic E-state index is 11.7. The Kier molecular flexibility index (Phi) is 6.64. The van der Waals surface area contributed by atoms with Crippen LogP contribution in [0.4, 0.5) is 0 Å². The molecule has 1 heterocycles. The Morgan fingerprint density at radius 3 is 2.48 bits per heavy atom.